The zero-order chi connectivity index (χ0) is 13.0. The first-order valence-corrected chi connectivity index (χ1v) is 5.43. The molecule has 0 spiro atoms. The molecular weight excluding hydrogens is 252 g/mol. The van der Waals surface area contributed by atoms with Gasteiger partial charge in [-0.15, -0.1) is 0 Å². The van der Waals surface area contributed by atoms with E-state index in [9.17, 15) is 0 Å². The number of benzene rings is 1. The lowest BCUT2D eigenvalue weighted by atomic mass is 10.3. The van der Waals surface area contributed by atoms with Crippen LogP contribution in [0, 0.1) is 11.3 Å². The zero-order valence-corrected chi connectivity index (χ0v) is 10.3. The summed E-state index contributed by atoms with van der Waals surface area (Å²) < 4.78 is 5.06. The normalized spacial score (nSPS) is 9.61. The molecule has 0 amide bonds. The molecule has 1 aromatic heterocycles. The lowest BCUT2D eigenvalue weighted by molar-refractivity contribution is 0.415. The molecule has 0 bridgehead atoms. The van der Waals surface area contributed by atoms with Crippen molar-refractivity contribution in [2.45, 2.75) is 0 Å². The summed E-state index contributed by atoms with van der Waals surface area (Å²) in [5, 5.41) is 12.1. The van der Waals surface area contributed by atoms with E-state index in [2.05, 4.69) is 15.3 Å². The number of nitrogens with one attached hydrogen (secondary N) is 1. The van der Waals surface area contributed by atoms with Crippen molar-refractivity contribution >= 4 is 23.1 Å². The van der Waals surface area contributed by atoms with E-state index < -0.39 is 0 Å². The molecule has 0 radical (unpaired) electrons. The van der Waals surface area contributed by atoms with Crippen molar-refractivity contribution in [1.82, 2.24) is 9.97 Å². The molecule has 2 rings (SSSR count). The lowest BCUT2D eigenvalue weighted by Gasteiger charge is -2.07. The minimum atomic E-state index is 0.272. The summed E-state index contributed by atoms with van der Waals surface area (Å²) in [6.45, 7) is 0. The number of hydrogen-bond donors (Lipinski definition) is 1. The third-order valence-corrected chi connectivity index (χ3v) is 2.49. The molecule has 6 heteroatoms. The number of rotatable bonds is 3. The molecule has 1 heterocycles. The molecule has 0 aliphatic heterocycles. The van der Waals surface area contributed by atoms with Crippen LogP contribution < -0.4 is 10.1 Å². The SMILES string of the molecule is COc1ccc(Nc2cnc(C#N)cn2)cc1Cl. The van der Waals surface area contributed by atoms with Crippen molar-refractivity contribution in [1.29, 1.82) is 5.26 Å². The number of hydrogen-bond acceptors (Lipinski definition) is 5. The Morgan fingerprint density at radius 3 is 2.72 bits per heavy atom. The molecule has 0 saturated carbocycles. The largest absolute Gasteiger partial charge is 0.495 e. The monoisotopic (exact) mass is 260 g/mol. The Labute approximate surface area is 109 Å². The van der Waals surface area contributed by atoms with Gasteiger partial charge >= 0.3 is 0 Å². The van der Waals surface area contributed by atoms with Crippen molar-refractivity contribution in [2.75, 3.05) is 12.4 Å². The molecule has 2 aromatic rings. The van der Waals surface area contributed by atoms with Crippen LogP contribution in [-0.2, 0) is 0 Å². The maximum Gasteiger partial charge on any atom is 0.158 e. The van der Waals surface area contributed by atoms with Crippen LogP contribution in [0.15, 0.2) is 30.6 Å². The fraction of sp³-hybridized carbons (Fsp3) is 0.0833. The molecule has 0 aliphatic rings. The van der Waals surface area contributed by atoms with Gasteiger partial charge in [-0.25, -0.2) is 9.97 Å². The van der Waals surface area contributed by atoms with Gasteiger partial charge in [0.25, 0.3) is 0 Å². The average Bonchev–Trinajstić information content (AvgIpc) is 2.40. The average molecular weight is 261 g/mol. The van der Waals surface area contributed by atoms with E-state index in [1.807, 2.05) is 12.1 Å². The van der Waals surface area contributed by atoms with Crippen molar-refractivity contribution < 1.29 is 4.74 Å². The molecule has 0 aliphatic carbocycles. The van der Waals surface area contributed by atoms with E-state index in [-0.39, 0.29) is 5.69 Å². The Kier molecular flexibility index (Phi) is 3.60. The van der Waals surface area contributed by atoms with Gasteiger partial charge in [0.1, 0.15) is 17.6 Å². The highest BCUT2D eigenvalue weighted by molar-refractivity contribution is 6.32. The summed E-state index contributed by atoms with van der Waals surface area (Å²) in [6.07, 6.45) is 2.88. The second-order valence-corrected chi connectivity index (χ2v) is 3.78. The van der Waals surface area contributed by atoms with Crippen LogP contribution in [0.4, 0.5) is 11.5 Å². The second-order valence-electron chi connectivity index (χ2n) is 3.37. The van der Waals surface area contributed by atoms with Gasteiger partial charge in [-0.3, -0.25) is 0 Å². The first kappa shape index (κ1) is 12.1. The highest BCUT2D eigenvalue weighted by Gasteiger charge is 2.03. The van der Waals surface area contributed by atoms with Crippen LogP contribution in [-0.4, -0.2) is 17.1 Å². The molecule has 0 saturated heterocycles. The van der Waals surface area contributed by atoms with Crippen LogP contribution >= 0.6 is 11.6 Å². The Hall–Kier alpha value is -2.32. The maximum atomic E-state index is 8.61. The van der Waals surface area contributed by atoms with E-state index in [1.54, 1.807) is 19.2 Å². The predicted octanol–water partition coefficient (Wildman–Crippen LogP) is 2.75. The van der Waals surface area contributed by atoms with Gasteiger partial charge in [0.15, 0.2) is 5.69 Å². The van der Waals surface area contributed by atoms with Gasteiger partial charge < -0.3 is 10.1 Å². The van der Waals surface area contributed by atoms with E-state index >= 15 is 0 Å². The van der Waals surface area contributed by atoms with Gasteiger partial charge in [0, 0.05) is 5.69 Å². The van der Waals surface area contributed by atoms with Crippen molar-refractivity contribution in [3.05, 3.63) is 41.3 Å². The van der Waals surface area contributed by atoms with Gasteiger partial charge in [-0.05, 0) is 18.2 Å². The van der Waals surface area contributed by atoms with Crippen molar-refractivity contribution in [3.8, 4) is 11.8 Å². The fourth-order valence-corrected chi connectivity index (χ4v) is 1.60. The van der Waals surface area contributed by atoms with Crippen molar-refractivity contribution in [3.63, 3.8) is 0 Å². The number of halogens is 1. The fourth-order valence-electron chi connectivity index (χ4n) is 1.34. The third kappa shape index (κ3) is 2.67. The van der Waals surface area contributed by atoms with Gasteiger partial charge in [0.2, 0.25) is 0 Å². The van der Waals surface area contributed by atoms with Crippen molar-refractivity contribution in [2.24, 2.45) is 0 Å². The summed E-state index contributed by atoms with van der Waals surface area (Å²) in [5.41, 5.74) is 1.04. The first-order valence-electron chi connectivity index (χ1n) is 5.05. The Morgan fingerprint density at radius 1 is 1.33 bits per heavy atom. The van der Waals surface area contributed by atoms with Gasteiger partial charge in [-0.1, -0.05) is 11.6 Å². The Bertz CT molecular complexity index is 592. The van der Waals surface area contributed by atoms with E-state index in [0.29, 0.717) is 16.6 Å². The summed E-state index contributed by atoms with van der Waals surface area (Å²) in [6, 6.07) is 7.19. The maximum absolute atomic E-state index is 8.61. The molecule has 5 nitrogen and oxygen atoms in total. The molecule has 0 atom stereocenters. The highest BCUT2D eigenvalue weighted by Crippen LogP contribution is 2.28. The molecule has 1 N–H and O–H groups in total. The number of aromatic nitrogens is 2. The molecule has 18 heavy (non-hydrogen) atoms. The molecular formula is C12H9ClN4O. The van der Waals surface area contributed by atoms with E-state index in [4.69, 9.17) is 21.6 Å². The van der Waals surface area contributed by atoms with Gasteiger partial charge in [0.05, 0.1) is 24.5 Å². The number of ether oxygens (including phenoxy) is 1. The predicted molar refractivity (Wildman–Crippen MR) is 68.0 cm³/mol. The third-order valence-electron chi connectivity index (χ3n) is 2.19. The first-order chi connectivity index (χ1) is 8.72. The summed E-state index contributed by atoms with van der Waals surface area (Å²) in [7, 11) is 1.56. The molecule has 90 valence electrons. The minimum absolute atomic E-state index is 0.272. The standard InChI is InChI=1S/C12H9ClN4O/c1-18-11-3-2-8(4-10(11)13)17-12-7-15-9(5-14)6-16-12/h2-4,6-7H,1H3,(H,16,17). The molecule has 0 fully saturated rings. The van der Waals surface area contributed by atoms with Crippen LogP contribution in [0.2, 0.25) is 5.02 Å². The minimum Gasteiger partial charge on any atom is -0.495 e. The van der Waals surface area contributed by atoms with Gasteiger partial charge in [-0.2, -0.15) is 5.26 Å². The summed E-state index contributed by atoms with van der Waals surface area (Å²) in [5.74, 6) is 1.14. The number of methoxy groups -OCH3 is 1. The topological polar surface area (TPSA) is 70.8 Å². The molecule has 1 aromatic carbocycles. The lowest BCUT2D eigenvalue weighted by Crippen LogP contribution is -1.96. The van der Waals surface area contributed by atoms with Crippen LogP contribution in [0.5, 0.6) is 5.75 Å². The van der Waals surface area contributed by atoms with Crippen LogP contribution in [0.3, 0.4) is 0 Å². The van der Waals surface area contributed by atoms with Crippen LogP contribution in [0.1, 0.15) is 5.69 Å². The highest BCUT2D eigenvalue weighted by atomic mass is 35.5. The zero-order valence-electron chi connectivity index (χ0n) is 9.51. The Morgan fingerprint density at radius 2 is 2.17 bits per heavy atom. The summed E-state index contributed by atoms with van der Waals surface area (Å²) >= 11 is 6.00. The number of nitriles is 1. The second kappa shape index (κ2) is 5.34. The molecule has 0 unspecified atom stereocenters. The van der Waals surface area contributed by atoms with Crippen LogP contribution in [0.25, 0.3) is 0 Å². The number of anilines is 2. The summed E-state index contributed by atoms with van der Waals surface area (Å²) in [4.78, 5) is 7.95. The smallest absolute Gasteiger partial charge is 0.158 e. The quantitative estimate of drug-likeness (QED) is 0.919. The number of nitrogens with zero attached hydrogens (tertiary/aromatic N) is 3. The van der Waals surface area contributed by atoms with E-state index in [1.165, 1.54) is 12.4 Å². The Balaban J connectivity index is 2.18. The van der Waals surface area contributed by atoms with E-state index in [0.717, 1.165) is 5.69 Å².